The van der Waals surface area contributed by atoms with Gasteiger partial charge < -0.3 is 15.2 Å². The number of nitrogens with two attached hydrogens (primary N) is 1. The quantitative estimate of drug-likeness (QED) is 0.592. The van der Waals surface area contributed by atoms with Crippen LogP contribution < -0.4 is 5.73 Å². The molecule has 0 saturated carbocycles. The minimum Gasteiger partial charge on any atom is -0.398 e. The first kappa shape index (κ1) is 13.3. The Hall–Kier alpha value is -0.770. The summed E-state index contributed by atoms with van der Waals surface area (Å²) in [5, 5.41) is 0.579. The zero-order valence-electron chi connectivity index (χ0n) is 9.54. The predicted molar refractivity (Wildman–Crippen MR) is 66.6 cm³/mol. The molecule has 0 aliphatic carbocycles. The van der Waals surface area contributed by atoms with E-state index in [2.05, 4.69) is 6.92 Å². The van der Waals surface area contributed by atoms with Gasteiger partial charge in [-0.1, -0.05) is 24.6 Å². The summed E-state index contributed by atoms with van der Waals surface area (Å²) in [6, 6.07) is 5.52. The maximum absolute atomic E-state index is 5.81. The average Bonchev–Trinajstić information content (AvgIpc) is 2.28. The number of benzene rings is 1. The Balaban J connectivity index is 2.19. The Kier molecular flexibility index (Phi) is 6.23. The van der Waals surface area contributed by atoms with Gasteiger partial charge in [0.05, 0.1) is 30.5 Å². The van der Waals surface area contributed by atoms with Crippen molar-refractivity contribution in [1.82, 2.24) is 0 Å². The first-order valence-electron chi connectivity index (χ1n) is 5.43. The van der Waals surface area contributed by atoms with Crippen LogP contribution in [0.15, 0.2) is 18.2 Å². The van der Waals surface area contributed by atoms with Crippen LogP contribution in [0, 0.1) is 0 Å². The molecule has 16 heavy (non-hydrogen) atoms. The Morgan fingerprint density at radius 3 is 2.62 bits per heavy atom. The van der Waals surface area contributed by atoms with E-state index in [9.17, 15) is 0 Å². The highest BCUT2D eigenvalue weighted by atomic mass is 35.5. The fraction of sp³-hybridized carbons (Fsp3) is 0.500. The van der Waals surface area contributed by atoms with Gasteiger partial charge in [0.25, 0.3) is 0 Å². The number of nitrogen functional groups attached to an aromatic ring is 1. The molecule has 0 amide bonds. The van der Waals surface area contributed by atoms with E-state index in [1.807, 2.05) is 12.1 Å². The summed E-state index contributed by atoms with van der Waals surface area (Å²) in [6.45, 7) is 4.64. The number of hydrogen-bond donors (Lipinski definition) is 1. The molecule has 0 radical (unpaired) electrons. The first-order valence-corrected chi connectivity index (χ1v) is 5.81. The molecule has 0 fully saturated rings. The maximum Gasteiger partial charge on any atom is 0.0718 e. The fourth-order valence-electron chi connectivity index (χ4n) is 1.24. The molecule has 90 valence electrons. The van der Waals surface area contributed by atoms with Gasteiger partial charge in [0, 0.05) is 6.61 Å². The second-order valence-electron chi connectivity index (χ2n) is 3.52. The van der Waals surface area contributed by atoms with E-state index in [4.69, 9.17) is 26.8 Å². The second-order valence-corrected chi connectivity index (χ2v) is 3.93. The van der Waals surface area contributed by atoms with Crippen LogP contribution in [0.4, 0.5) is 5.69 Å². The van der Waals surface area contributed by atoms with Gasteiger partial charge >= 0.3 is 0 Å². The normalized spacial score (nSPS) is 10.6. The lowest BCUT2D eigenvalue weighted by Crippen LogP contribution is -2.05. The zero-order valence-corrected chi connectivity index (χ0v) is 10.3. The molecule has 0 heterocycles. The van der Waals surface area contributed by atoms with Gasteiger partial charge in [-0.05, 0) is 24.1 Å². The number of ether oxygens (including phenoxy) is 2. The topological polar surface area (TPSA) is 44.5 Å². The summed E-state index contributed by atoms with van der Waals surface area (Å²) < 4.78 is 10.7. The van der Waals surface area contributed by atoms with Crippen molar-refractivity contribution in [2.45, 2.75) is 20.0 Å². The molecule has 0 aliphatic rings. The molecule has 0 saturated heterocycles. The third kappa shape index (κ3) is 4.84. The van der Waals surface area contributed by atoms with E-state index in [-0.39, 0.29) is 0 Å². The highest BCUT2D eigenvalue weighted by Crippen LogP contribution is 2.19. The molecular weight excluding hydrogens is 226 g/mol. The molecule has 4 heteroatoms. The summed E-state index contributed by atoms with van der Waals surface area (Å²) >= 11 is 5.81. The van der Waals surface area contributed by atoms with E-state index < -0.39 is 0 Å². The molecule has 0 bridgehead atoms. The lowest BCUT2D eigenvalue weighted by atomic mass is 10.2. The number of rotatable bonds is 7. The highest BCUT2D eigenvalue weighted by Gasteiger charge is 1.98. The van der Waals surface area contributed by atoms with Crippen LogP contribution in [0.25, 0.3) is 0 Å². The minimum atomic E-state index is 0.539. The first-order chi connectivity index (χ1) is 7.74. The summed E-state index contributed by atoms with van der Waals surface area (Å²) in [5.41, 5.74) is 7.29. The van der Waals surface area contributed by atoms with Gasteiger partial charge in [0.15, 0.2) is 0 Å². The molecule has 0 unspecified atom stereocenters. The highest BCUT2D eigenvalue weighted by molar-refractivity contribution is 6.33. The largest absolute Gasteiger partial charge is 0.398 e. The molecule has 1 aromatic rings. The van der Waals surface area contributed by atoms with E-state index in [0.29, 0.717) is 30.5 Å². The van der Waals surface area contributed by atoms with E-state index in [1.54, 1.807) is 6.07 Å². The predicted octanol–water partition coefficient (Wildman–Crippen LogP) is 2.87. The van der Waals surface area contributed by atoms with Crippen LogP contribution >= 0.6 is 11.6 Å². The third-order valence-corrected chi connectivity index (χ3v) is 2.39. The third-order valence-electron chi connectivity index (χ3n) is 2.05. The molecule has 1 aromatic carbocycles. The van der Waals surface area contributed by atoms with Crippen molar-refractivity contribution in [2.24, 2.45) is 0 Å². The average molecular weight is 244 g/mol. The monoisotopic (exact) mass is 243 g/mol. The van der Waals surface area contributed by atoms with Crippen molar-refractivity contribution in [1.29, 1.82) is 0 Å². The Labute approximate surface area is 101 Å². The number of halogens is 1. The Morgan fingerprint density at radius 2 is 1.94 bits per heavy atom. The smallest absolute Gasteiger partial charge is 0.0718 e. The molecule has 3 nitrogen and oxygen atoms in total. The summed E-state index contributed by atoms with van der Waals surface area (Å²) in [5.74, 6) is 0. The van der Waals surface area contributed by atoms with Crippen molar-refractivity contribution in [3.05, 3.63) is 28.8 Å². The summed E-state index contributed by atoms with van der Waals surface area (Å²) in [7, 11) is 0. The van der Waals surface area contributed by atoms with Gasteiger partial charge in [-0.15, -0.1) is 0 Å². The Bertz CT molecular complexity index is 318. The number of hydrogen-bond acceptors (Lipinski definition) is 3. The molecule has 0 aliphatic heterocycles. The van der Waals surface area contributed by atoms with Gasteiger partial charge in [-0.25, -0.2) is 0 Å². The van der Waals surface area contributed by atoms with Crippen LogP contribution in [-0.2, 0) is 16.1 Å². The second kappa shape index (κ2) is 7.49. The van der Waals surface area contributed by atoms with Crippen LogP contribution in [-0.4, -0.2) is 19.8 Å². The lowest BCUT2D eigenvalue weighted by Gasteiger charge is -2.06. The van der Waals surface area contributed by atoms with E-state index in [1.165, 1.54) is 0 Å². The van der Waals surface area contributed by atoms with Gasteiger partial charge in [-0.3, -0.25) is 0 Å². The van der Waals surface area contributed by atoms with Crippen LogP contribution in [0.3, 0.4) is 0 Å². The van der Waals surface area contributed by atoms with Crippen LogP contribution in [0.2, 0.25) is 5.02 Å². The molecule has 0 spiro atoms. The van der Waals surface area contributed by atoms with Gasteiger partial charge in [0.2, 0.25) is 0 Å². The molecule has 0 atom stereocenters. The minimum absolute atomic E-state index is 0.539. The molecule has 1 rings (SSSR count). The van der Waals surface area contributed by atoms with E-state index >= 15 is 0 Å². The van der Waals surface area contributed by atoms with Gasteiger partial charge in [-0.2, -0.15) is 0 Å². The van der Waals surface area contributed by atoms with Crippen molar-refractivity contribution in [2.75, 3.05) is 25.6 Å². The summed E-state index contributed by atoms with van der Waals surface area (Å²) in [6.07, 6.45) is 1.04. The standard InChI is InChI=1S/C12H18ClNO2/c1-2-5-15-6-7-16-9-10-3-4-11(13)12(14)8-10/h3-4,8H,2,5-7,9,14H2,1H3. The van der Waals surface area contributed by atoms with Crippen LogP contribution in [0.5, 0.6) is 0 Å². The molecule has 2 N–H and O–H groups in total. The zero-order chi connectivity index (χ0) is 11.8. The van der Waals surface area contributed by atoms with Crippen molar-refractivity contribution in [3.8, 4) is 0 Å². The number of anilines is 1. The Morgan fingerprint density at radius 1 is 1.19 bits per heavy atom. The lowest BCUT2D eigenvalue weighted by molar-refractivity contribution is 0.0408. The fourth-order valence-corrected chi connectivity index (χ4v) is 1.35. The van der Waals surface area contributed by atoms with Crippen molar-refractivity contribution < 1.29 is 9.47 Å². The molecule has 0 aromatic heterocycles. The van der Waals surface area contributed by atoms with Crippen molar-refractivity contribution in [3.63, 3.8) is 0 Å². The summed E-state index contributed by atoms with van der Waals surface area (Å²) in [4.78, 5) is 0. The maximum atomic E-state index is 5.81. The SMILES string of the molecule is CCCOCCOCc1ccc(Cl)c(N)c1. The van der Waals surface area contributed by atoms with Gasteiger partial charge in [0.1, 0.15) is 0 Å². The molecular formula is C12H18ClNO2. The van der Waals surface area contributed by atoms with Crippen LogP contribution in [0.1, 0.15) is 18.9 Å². The van der Waals surface area contributed by atoms with Crippen molar-refractivity contribution >= 4 is 17.3 Å². The van der Waals surface area contributed by atoms with E-state index in [0.717, 1.165) is 18.6 Å².